The van der Waals surface area contributed by atoms with E-state index in [9.17, 15) is 24.3 Å². The van der Waals surface area contributed by atoms with Gasteiger partial charge in [0.25, 0.3) is 0 Å². The number of benzene rings is 2. The zero-order valence-electron chi connectivity index (χ0n) is 22.2. The Hall–Kier alpha value is -3.88. The van der Waals surface area contributed by atoms with Crippen molar-refractivity contribution in [3.05, 3.63) is 59.7 Å². The molecule has 1 aliphatic rings. The van der Waals surface area contributed by atoms with Gasteiger partial charge in [0.15, 0.2) is 0 Å². The summed E-state index contributed by atoms with van der Waals surface area (Å²) in [6.45, 7) is 3.67. The van der Waals surface area contributed by atoms with Crippen LogP contribution in [0.5, 0.6) is 0 Å². The van der Waals surface area contributed by atoms with E-state index in [1.807, 2.05) is 48.5 Å². The predicted octanol–water partition coefficient (Wildman–Crippen LogP) is 3.28. The molecule has 1 N–H and O–H groups in total. The van der Waals surface area contributed by atoms with Crippen LogP contribution in [0.4, 0.5) is 4.79 Å². The third-order valence-corrected chi connectivity index (χ3v) is 6.83. The van der Waals surface area contributed by atoms with Crippen LogP contribution in [0.25, 0.3) is 11.1 Å². The smallest absolute Gasteiger partial charge is 0.410 e. The van der Waals surface area contributed by atoms with Gasteiger partial charge < -0.3 is 19.6 Å². The van der Waals surface area contributed by atoms with Crippen LogP contribution < -0.4 is 0 Å². The molecule has 0 saturated heterocycles. The van der Waals surface area contributed by atoms with Crippen LogP contribution in [-0.2, 0) is 19.1 Å². The summed E-state index contributed by atoms with van der Waals surface area (Å²) in [5, 5.41) is 9.31. The summed E-state index contributed by atoms with van der Waals surface area (Å²) in [5.74, 6) is -2.69. The van der Waals surface area contributed by atoms with Crippen LogP contribution in [0.2, 0.25) is 0 Å². The molecule has 0 fully saturated rings. The second-order valence-electron chi connectivity index (χ2n) is 9.90. The number of likely N-dealkylation sites (N-methyl/N-ethyl adjacent to an activating group) is 3. The third kappa shape index (κ3) is 5.76. The number of carbonyl (C=O) groups excluding carboxylic acids is 3. The number of hydrogen-bond donors (Lipinski definition) is 1. The van der Waals surface area contributed by atoms with E-state index in [0.717, 1.165) is 27.2 Å². The summed E-state index contributed by atoms with van der Waals surface area (Å²) in [5.41, 5.74) is 4.38. The number of fused-ring (bicyclic) bond motifs is 3. The van der Waals surface area contributed by atoms with Gasteiger partial charge in [-0.15, -0.1) is 0 Å². The predicted molar refractivity (Wildman–Crippen MR) is 139 cm³/mol. The van der Waals surface area contributed by atoms with Crippen LogP contribution in [-0.4, -0.2) is 90.6 Å². The molecule has 2 aromatic carbocycles. The fraction of sp³-hybridized carbons (Fsp3) is 0.429. The Morgan fingerprint density at radius 1 is 0.838 bits per heavy atom. The summed E-state index contributed by atoms with van der Waals surface area (Å²) in [4.78, 5) is 54.3. The quantitative estimate of drug-likeness (QED) is 0.556. The number of ether oxygens (including phenoxy) is 1. The summed E-state index contributed by atoms with van der Waals surface area (Å²) in [6, 6.07) is 13.9. The highest BCUT2D eigenvalue weighted by molar-refractivity contribution is 5.93. The van der Waals surface area contributed by atoms with E-state index in [4.69, 9.17) is 4.74 Å². The van der Waals surface area contributed by atoms with E-state index in [0.29, 0.717) is 0 Å². The van der Waals surface area contributed by atoms with Gasteiger partial charge in [-0.25, -0.2) is 4.79 Å². The van der Waals surface area contributed by atoms with Crippen molar-refractivity contribution in [2.75, 3.05) is 34.8 Å². The number of aliphatic carboxylic acids is 1. The first-order valence-corrected chi connectivity index (χ1v) is 12.2. The highest BCUT2D eigenvalue weighted by Gasteiger charge is 2.39. The fourth-order valence-corrected chi connectivity index (χ4v) is 4.92. The van der Waals surface area contributed by atoms with Crippen LogP contribution >= 0.6 is 0 Å². The molecule has 0 aromatic heterocycles. The lowest BCUT2D eigenvalue weighted by atomic mass is 9.98. The van der Waals surface area contributed by atoms with Crippen molar-refractivity contribution in [1.82, 2.24) is 14.7 Å². The molecular weight excluding hydrogens is 474 g/mol. The summed E-state index contributed by atoms with van der Waals surface area (Å²) in [7, 11) is 5.87. The number of carboxylic acids is 1. The normalized spacial score (nSPS) is 13.8. The minimum absolute atomic E-state index is 0.104. The molecule has 198 valence electrons. The Labute approximate surface area is 217 Å². The number of carbonyl (C=O) groups is 4. The van der Waals surface area contributed by atoms with Crippen LogP contribution in [0.15, 0.2) is 48.5 Å². The molecule has 3 amide bonds. The average Bonchev–Trinajstić information content (AvgIpc) is 3.18. The highest BCUT2D eigenvalue weighted by atomic mass is 16.6. The van der Waals surface area contributed by atoms with Gasteiger partial charge in [0.1, 0.15) is 18.7 Å². The van der Waals surface area contributed by atoms with Crippen LogP contribution in [0, 0.1) is 5.92 Å². The lowest BCUT2D eigenvalue weighted by Crippen LogP contribution is -2.56. The van der Waals surface area contributed by atoms with Crippen molar-refractivity contribution < 1.29 is 29.0 Å². The maximum atomic E-state index is 13.5. The molecule has 0 heterocycles. The van der Waals surface area contributed by atoms with Crippen molar-refractivity contribution in [1.29, 1.82) is 0 Å². The van der Waals surface area contributed by atoms with Gasteiger partial charge in [-0.2, -0.15) is 0 Å². The van der Waals surface area contributed by atoms with E-state index < -0.39 is 42.4 Å². The SMILES string of the molecule is CC(C)[C@@H](C(=O)N(C)[C@@H](CC(=O)O)C(=O)N(C)C)N(C)C(=O)OCC1c2ccccc2-c2ccccc21. The number of hydrogen-bond acceptors (Lipinski definition) is 5. The molecular formula is C28H35N3O6. The molecule has 0 bridgehead atoms. The van der Waals surface area contributed by atoms with E-state index in [2.05, 4.69) is 0 Å². The zero-order valence-corrected chi connectivity index (χ0v) is 22.2. The molecule has 0 unspecified atom stereocenters. The second-order valence-corrected chi connectivity index (χ2v) is 9.90. The van der Waals surface area contributed by atoms with Crippen molar-refractivity contribution >= 4 is 23.9 Å². The maximum absolute atomic E-state index is 13.5. The Balaban J connectivity index is 1.77. The fourth-order valence-electron chi connectivity index (χ4n) is 4.92. The first-order chi connectivity index (χ1) is 17.5. The summed E-state index contributed by atoms with van der Waals surface area (Å²) < 4.78 is 5.72. The van der Waals surface area contributed by atoms with Crippen molar-refractivity contribution in [3.8, 4) is 11.1 Å². The first-order valence-electron chi connectivity index (χ1n) is 12.2. The molecule has 0 radical (unpaired) electrons. The molecule has 1 aliphatic carbocycles. The van der Waals surface area contributed by atoms with Gasteiger partial charge >= 0.3 is 12.1 Å². The van der Waals surface area contributed by atoms with Crippen LogP contribution in [0.1, 0.15) is 37.3 Å². The lowest BCUT2D eigenvalue weighted by molar-refractivity contribution is -0.150. The van der Waals surface area contributed by atoms with Crippen molar-refractivity contribution in [2.24, 2.45) is 5.92 Å². The molecule has 9 heteroatoms. The molecule has 9 nitrogen and oxygen atoms in total. The van der Waals surface area contributed by atoms with Gasteiger partial charge in [-0.1, -0.05) is 62.4 Å². The van der Waals surface area contributed by atoms with Crippen molar-refractivity contribution in [3.63, 3.8) is 0 Å². The van der Waals surface area contributed by atoms with Gasteiger partial charge in [0.2, 0.25) is 11.8 Å². The van der Waals surface area contributed by atoms with Crippen molar-refractivity contribution in [2.45, 2.75) is 38.3 Å². The topological polar surface area (TPSA) is 107 Å². The Morgan fingerprint density at radius 2 is 1.35 bits per heavy atom. The van der Waals surface area contributed by atoms with Gasteiger partial charge in [-0.3, -0.25) is 19.3 Å². The number of amides is 3. The molecule has 3 rings (SSSR count). The molecule has 0 aliphatic heterocycles. The third-order valence-electron chi connectivity index (χ3n) is 6.83. The highest BCUT2D eigenvalue weighted by Crippen LogP contribution is 2.44. The zero-order chi connectivity index (χ0) is 27.4. The molecule has 2 aromatic rings. The molecule has 0 spiro atoms. The maximum Gasteiger partial charge on any atom is 0.410 e. The molecule has 0 saturated carbocycles. The Morgan fingerprint density at radius 3 is 1.81 bits per heavy atom. The minimum atomic E-state index is -1.20. The Bertz CT molecular complexity index is 1130. The number of carboxylic acid groups (broad SMARTS) is 1. The number of nitrogens with zero attached hydrogens (tertiary/aromatic N) is 3. The van der Waals surface area contributed by atoms with E-state index >= 15 is 0 Å². The van der Waals surface area contributed by atoms with Gasteiger partial charge in [-0.05, 0) is 28.2 Å². The second kappa shape index (κ2) is 11.5. The largest absolute Gasteiger partial charge is 0.481 e. The standard InChI is InChI=1S/C28H35N3O6/c1-17(2)25(27(35)30(5)23(15-24(32)33)26(34)29(3)4)31(6)28(36)37-16-22-20-13-9-7-11-18(20)19-12-8-10-14-21(19)22/h7-14,17,22-23,25H,15-16H2,1-6H3,(H,32,33)/t23-,25-/m0/s1. The van der Waals surface area contributed by atoms with E-state index in [1.165, 1.54) is 38.0 Å². The molecule has 37 heavy (non-hydrogen) atoms. The average molecular weight is 510 g/mol. The Kier molecular flexibility index (Phi) is 8.57. The van der Waals surface area contributed by atoms with Gasteiger partial charge in [0, 0.05) is 34.1 Å². The summed E-state index contributed by atoms with van der Waals surface area (Å²) >= 11 is 0. The van der Waals surface area contributed by atoms with Crippen LogP contribution in [0.3, 0.4) is 0 Å². The van der Waals surface area contributed by atoms with E-state index in [-0.39, 0.29) is 18.4 Å². The first kappa shape index (κ1) is 27.7. The summed E-state index contributed by atoms with van der Waals surface area (Å²) in [6.07, 6.45) is -1.21. The molecule has 2 atom stereocenters. The monoisotopic (exact) mass is 509 g/mol. The van der Waals surface area contributed by atoms with Gasteiger partial charge in [0.05, 0.1) is 6.42 Å². The van der Waals surface area contributed by atoms with E-state index in [1.54, 1.807) is 13.8 Å². The minimum Gasteiger partial charge on any atom is -0.481 e. The lowest BCUT2D eigenvalue weighted by Gasteiger charge is -2.36. The number of rotatable bonds is 9.